The highest BCUT2D eigenvalue weighted by atomic mass is 16.5. The molecule has 0 aliphatic carbocycles. The average molecular weight is 446 g/mol. The molecule has 4 rings (SSSR count). The molecule has 0 radical (unpaired) electrons. The minimum atomic E-state index is 0.0225. The maximum atomic E-state index is 12.7. The SMILES string of the molecule is COc1cccc(C(CNC(=O)CCc2c(C)nc3c4ccccc4nn3c2C)N(C)C)c1. The lowest BCUT2D eigenvalue weighted by molar-refractivity contribution is -0.121. The number of nitrogens with one attached hydrogen (secondary N) is 1. The normalized spacial score (nSPS) is 12.4. The average Bonchev–Trinajstić information content (AvgIpc) is 3.18. The molecule has 1 amide bonds. The Morgan fingerprint density at radius 1 is 1.15 bits per heavy atom. The zero-order valence-corrected chi connectivity index (χ0v) is 19.9. The number of carbonyl (C=O) groups is 1. The van der Waals surface area contributed by atoms with Crippen molar-refractivity contribution < 1.29 is 9.53 Å². The number of aryl methyl sites for hydroxylation is 2. The molecule has 0 fully saturated rings. The van der Waals surface area contributed by atoms with E-state index in [2.05, 4.69) is 16.3 Å². The number of hydrogen-bond donors (Lipinski definition) is 1. The fourth-order valence-electron chi connectivity index (χ4n) is 4.32. The first kappa shape index (κ1) is 22.7. The number of methoxy groups -OCH3 is 1. The van der Waals surface area contributed by atoms with Crippen molar-refractivity contribution in [2.75, 3.05) is 27.7 Å². The van der Waals surface area contributed by atoms with Crippen molar-refractivity contribution in [2.45, 2.75) is 32.7 Å². The van der Waals surface area contributed by atoms with E-state index in [9.17, 15) is 4.79 Å². The molecule has 0 bridgehead atoms. The highest BCUT2D eigenvalue weighted by Gasteiger charge is 2.18. The number of rotatable bonds is 8. The van der Waals surface area contributed by atoms with Crippen LogP contribution in [0.25, 0.3) is 16.6 Å². The quantitative estimate of drug-likeness (QED) is 0.446. The van der Waals surface area contributed by atoms with Crippen molar-refractivity contribution >= 4 is 22.5 Å². The second kappa shape index (κ2) is 9.58. The number of aromatic nitrogens is 3. The first-order valence-electron chi connectivity index (χ1n) is 11.2. The van der Waals surface area contributed by atoms with Gasteiger partial charge < -0.3 is 15.0 Å². The molecule has 4 aromatic rings. The Balaban J connectivity index is 1.45. The molecule has 2 heterocycles. The third kappa shape index (κ3) is 4.68. The number of hydrogen-bond acceptors (Lipinski definition) is 5. The van der Waals surface area contributed by atoms with Crippen molar-refractivity contribution in [1.29, 1.82) is 0 Å². The van der Waals surface area contributed by atoms with Crippen LogP contribution in [0.15, 0.2) is 48.5 Å². The zero-order chi connectivity index (χ0) is 23.5. The number of carbonyl (C=O) groups excluding carboxylic acids is 1. The Kier molecular flexibility index (Phi) is 6.60. The summed E-state index contributed by atoms with van der Waals surface area (Å²) in [6, 6.07) is 16.0. The van der Waals surface area contributed by atoms with E-state index in [1.54, 1.807) is 7.11 Å². The van der Waals surface area contributed by atoms with E-state index < -0.39 is 0 Å². The molecule has 1 N–H and O–H groups in total. The molecule has 33 heavy (non-hydrogen) atoms. The van der Waals surface area contributed by atoms with Gasteiger partial charge in [0.2, 0.25) is 5.91 Å². The van der Waals surface area contributed by atoms with E-state index in [4.69, 9.17) is 14.8 Å². The molecule has 1 unspecified atom stereocenters. The van der Waals surface area contributed by atoms with Gasteiger partial charge in [-0.05, 0) is 69.8 Å². The molecule has 2 aromatic carbocycles. The maximum Gasteiger partial charge on any atom is 0.220 e. The van der Waals surface area contributed by atoms with Gasteiger partial charge in [0.15, 0.2) is 5.65 Å². The van der Waals surface area contributed by atoms with Gasteiger partial charge in [0.25, 0.3) is 0 Å². The predicted molar refractivity (Wildman–Crippen MR) is 131 cm³/mol. The predicted octanol–water partition coefficient (Wildman–Crippen LogP) is 3.86. The minimum absolute atomic E-state index is 0.0225. The molecular weight excluding hydrogens is 414 g/mol. The summed E-state index contributed by atoms with van der Waals surface area (Å²) in [6.45, 7) is 4.58. The van der Waals surface area contributed by atoms with Crippen LogP contribution in [-0.2, 0) is 11.2 Å². The molecule has 2 aromatic heterocycles. The summed E-state index contributed by atoms with van der Waals surface area (Å²) in [6.07, 6.45) is 1.02. The van der Waals surface area contributed by atoms with Crippen molar-refractivity contribution in [3.63, 3.8) is 0 Å². The number of likely N-dealkylation sites (N-methyl/N-ethyl adjacent to an activating group) is 1. The van der Waals surface area contributed by atoms with Crippen LogP contribution < -0.4 is 10.1 Å². The molecule has 0 saturated heterocycles. The smallest absolute Gasteiger partial charge is 0.220 e. The van der Waals surface area contributed by atoms with Crippen LogP contribution in [0.5, 0.6) is 5.75 Å². The molecule has 172 valence electrons. The fraction of sp³-hybridized carbons (Fsp3) is 0.346. The highest BCUT2D eigenvalue weighted by Crippen LogP contribution is 2.24. The van der Waals surface area contributed by atoms with E-state index in [-0.39, 0.29) is 11.9 Å². The van der Waals surface area contributed by atoms with Gasteiger partial charge in [0.05, 0.1) is 18.7 Å². The molecule has 0 saturated carbocycles. The molecule has 1 atom stereocenters. The van der Waals surface area contributed by atoms with Gasteiger partial charge in [-0.15, -0.1) is 0 Å². The monoisotopic (exact) mass is 445 g/mol. The Bertz CT molecular complexity index is 1290. The Hall–Kier alpha value is -3.45. The fourth-order valence-corrected chi connectivity index (χ4v) is 4.32. The van der Waals surface area contributed by atoms with Crippen molar-refractivity contribution in [3.8, 4) is 5.75 Å². The minimum Gasteiger partial charge on any atom is -0.497 e. The third-order valence-corrected chi connectivity index (χ3v) is 6.21. The Morgan fingerprint density at radius 3 is 2.70 bits per heavy atom. The summed E-state index contributed by atoms with van der Waals surface area (Å²) in [5.41, 5.74) is 5.94. The summed E-state index contributed by atoms with van der Waals surface area (Å²) in [5.74, 6) is 0.833. The van der Waals surface area contributed by atoms with Crippen LogP contribution in [0.2, 0.25) is 0 Å². The van der Waals surface area contributed by atoms with Crippen molar-refractivity contribution in [1.82, 2.24) is 24.8 Å². The lowest BCUT2D eigenvalue weighted by atomic mass is 10.0. The van der Waals surface area contributed by atoms with E-state index in [0.717, 1.165) is 44.8 Å². The van der Waals surface area contributed by atoms with Gasteiger partial charge in [-0.1, -0.05) is 24.3 Å². The Labute approximate surface area is 194 Å². The van der Waals surface area contributed by atoms with E-state index in [1.807, 2.05) is 74.9 Å². The topological polar surface area (TPSA) is 71.8 Å². The van der Waals surface area contributed by atoms with Crippen LogP contribution in [0.1, 0.15) is 35.0 Å². The summed E-state index contributed by atoms with van der Waals surface area (Å²) >= 11 is 0. The van der Waals surface area contributed by atoms with Crippen LogP contribution in [0.4, 0.5) is 0 Å². The lowest BCUT2D eigenvalue weighted by Crippen LogP contribution is -2.34. The van der Waals surface area contributed by atoms with Gasteiger partial charge in [-0.3, -0.25) is 4.79 Å². The number of nitrogens with zero attached hydrogens (tertiary/aromatic N) is 4. The van der Waals surface area contributed by atoms with Gasteiger partial charge in [-0.2, -0.15) is 5.10 Å². The standard InChI is InChI=1S/C26H31N5O2/c1-17-21(18(2)31-26(28-17)22-11-6-7-12-23(22)29-31)13-14-25(32)27-16-24(30(3)4)19-9-8-10-20(15-19)33-5/h6-12,15,24H,13-14,16H2,1-5H3,(H,27,32). The summed E-state index contributed by atoms with van der Waals surface area (Å²) in [5, 5.41) is 8.85. The van der Waals surface area contributed by atoms with Crippen LogP contribution in [-0.4, -0.2) is 53.2 Å². The van der Waals surface area contributed by atoms with Crippen LogP contribution >= 0.6 is 0 Å². The maximum absolute atomic E-state index is 12.7. The first-order valence-corrected chi connectivity index (χ1v) is 11.2. The second-order valence-electron chi connectivity index (χ2n) is 8.57. The zero-order valence-electron chi connectivity index (χ0n) is 19.9. The summed E-state index contributed by atoms with van der Waals surface area (Å²) in [4.78, 5) is 19.6. The second-order valence-corrected chi connectivity index (χ2v) is 8.57. The molecule has 7 heteroatoms. The highest BCUT2D eigenvalue weighted by molar-refractivity contribution is 5.92. The Morgan fingerprint density at radius 2 is 1.94 bits per heavy atom. The van der Waals surface area contributed by atoms with Crippen LogP contribution in [0, 0.1) is 13.8 Å². The van der Waals surface area contributed by atoms with E-state index in [0.29, 0.717) is 19.4 Å². The number of ether oxygens (including phenoxy) is 1. The molecule has 0 aliphatic rings. The van der Waals surface area contributed by atoms with Crippen molar-refractivity contribution in [3.05, 3.63) is 71.0 Å². The third-order valence-electron chi connectivity index (χ3n) is 6.21. The first-order chi connectivity index (χ1) is 15.9. The number of benzene rings is 2. The molecule has 0 spiro atoms. The molecular formula is C26H31N5O2. The summed E-state index contributed by atoms with van der Waals surface area (Å²) in [7, 11) is 5.68. The van der Waals surface area contributed by atoms with Gasteiger partial charge in [-0.25, -0.2) is 9.50 Å². The van der Waals surface area contributed by atoms with Crippen molar-refractivity contribution in [2.24, 2.45) is 0 Å². The molecule has 7 nitrogen and oxygen atoms in total. The van der Waals surface area contributed by atoms with Gasteiger partial charge in [0.1, 0.15) is 5.75 Å². The van der Waals surface area contributed by atoms with Crippen LogP contribution in [0.3, 0.4) is 0 Å². The largest absolute Gasteiger partial charge is 0.497 e. The lowest BCUT2D eigenvalue weighted by Gasteiger charge is -2.25. The van der Waals surface area contributed by atoms with E-state index in [1.165, 1.54) is 0 Å². The number of fused-ring (bicyclic) bond motifs is 3. The van der Waals surface area contributed by atoms with Gasteiger partial charge in [0, 0.05) is 29.7 Å². The number of amides is 1. The molecule has 0 aliphatic heterocycles. The van der Waals surface area contributed by atoms with Gasteiger partial charge >= 0.3 is 0 Å². The van der Waals surface area contributed by atoms with E-state index >= 15 is 0 Å². The summed E-state index contributed by atoms with van der Waals surface area (Å²) < 4.78 is 7.25.